The van der Waals surface area contributed by atoms with Gasteiger partial charge < -0.3 is 11.5 Å². The summed E-state index contributed by atoms with van der Waals surface area (Å²) in [5.41, 5.74) is 24.1. The van der Waals surface area contributed by atoms with Gasteiger partial charge in [0.25, 0.3) is 0 Å². The third kappa shape index (κ3) is 7.65. The Balaban J connectivity index is 0.000000191. The molecule has 0 fully saturated rings. The molecule has 0 unspecified atom stereocenters. The van der Waals surface area contributed by atoms with Crippen molar-refractivity contribution in [2.75, 3.05) is 5.73 Å². The van der Waals surface area contributed by atoms with Crippen LogP contribution in [0.1, 0.15) is 43.0 Å². The SMILES string of the molecule is C/C=C(\N)c1ccccc1.CC.Cc1ccccc1.Nc1ccccc1-c1cc2ccccc2c2c1-c1ccccc1CC2. The molecule has 222 valence electrons. The van der Waals surface area contributed by atoms with Gasteiger partial charge in [-0.2, -0.15) is 0 Å². The molecule has 0 saturated heterocycles. The van der Waals surface area contributed by atoms with Gasteiger partial charge in [0.2, 0.25) is 0 Å². The maximum absolute atomic E-state index is 6.35. The van der Waals surface area contributed by atoms with Gasteiger partial charge in [0.05, 0.1) is 0 Å². The van der Waals surface area contributed by atoms with E-state index in [1.165, 1.54) is 44.2 Å². The summed E-state index contributed by atoms with van der Waals surface area (Å²) in [4.78, 5) is 0. The van der Waals surface area contributed by atoms with E-state index in [1.807, 2.05) is 87.5 Å². The number of para-hydroxylation sites is 1. The van der Waals surface area contributed by atoms with Crippen LogP contribution in [0.2, 0.25) is 0 Å². The van der Waals surface area contributed by atoms with Crippen LogP contribution in [-0.4, -0.2) is 0 Å². The first kappa shape index (κ1) is 31.8. The predicted octanol–water partition coefficient (Wildman–Crippen LogP) is 10.9. The molecule has 1 aliphatic rings. The molecule has 44 heavy (non-hydrogen) atoms. The van der Waals surface area contributed by atoms with E-state index in [9.17, 15) is 0 Å². The number of hydrogen-bond acceptors (Lipinski definition) is 2. The number of aryl methyl sites for hydroxylation is 3. The number of fused-ring (bicyclic) bond motifs is 5. The molecule has 4 N–H and O–H groups in total. The molecule has 2 heteroatoms. The maximum Gasteiger partial charge on any atom is 0.0393 e. The van der Waals surface area contributed by atoms with Crippen LogP contribution in [0.25, 0.3) is 38.7 Å². The normalized spacial score (nSPS) is 11.3. The quantitative estimate of drug-likeness (QED) is 0.201. The Morgan fingerprint density at radius 2 is 1.18 bits per heavy atom. The predicted molar refractivity (Wildman–Crippen MR) is 193 cm³/mol. The Labute approximate surface area is 263 Å². The zero-order valence-corrected chi connectivity index (χ0v) is 26.4. The van der Waals surface area contributed by atoms with Crippen LogP contribution in [0.4, 0.5) is 5.69 Å². The van der Waals surface area contributed by atoms with E-state index in [0.717, 1.165) is 35.4 Å². The number of hydrogen-bond donors (Lipinski definition) is 2. The Bertz CT molecular complexity index is 1800. The molecule has 0 aromatic heterocycles. The monoisotopic (exact) mass is 576 g/mol. The zero-order chi connectivity index (χ0) is 31.3. The highest BCUT2D eigenvalue weighted by atomic mass is 14.6. The minimum atomic E-state index is 0.834. The van der Waals surface area contributed by atoms with Gasteiger partial charge in [-0.1, -0.05) is 153 Å². The standard InChI is InChI=1S/C24H19N.C9H11N.C7H8.C2H6/c25-23-12-6-5-11-20(23)22-15-17-8-2-3-9-18(17)21-14-13-16-7-1-4-10-19(16)24(21)22;1-2-9(10)8-6-4-3-5-7-8;1-7-5-3-2-4-6-7;1-2/h1-12,15H,13-14,25H2;2-7H,10H2,1H3;2-6H,1H3;1-2H3/b;9-2-;;. The van der Waals surface area contributed by atoms with Gasteiger partial charge in [0.15, 0.2) is 0 Å². The summed E-state index contributed by atoms with van der Waals surface area (Å²) in [5, 5.41) is 2.66. The Morgan fingerprint density at radius 3 is 1.82 bits per heavy atom. The Kier molecular flexibility index (Phi) is 11.5. The molecular weight excluding hydrogens is 532 g/mol. The van der Waals surface area contributed by atoms with Crippen LogP contribution < -0.4 is 11.5 Å². The maximum atomic E-state index is 6.35. The summed E-state index contributed by atoms with van der Waals surface area (Å²) in [6, 6.07) is 48.2. The fraction of sp³-hybridized carbons (Fsp3) is 0.143. The number of nitrogens with two attached hydrogens (primary N) is 2. The van der Waals surface area contributed by atoms with Crippen molar-refractivity contribution in [3.8, 4) is 22.3 Å². The van der Waals surface area contributed by atoms with Crippen LogP contribution in [-0.2, 0) is 12.8 Å². The first-order chi connectivity index (χ1) is 21.6. The lowest BCUT2D eigenvalue weighted by Crippen LogP contribution is -2.06. The summed E-state index contributed by atoms with van der Waals surface area (Å²) in [6.07, 6.45) is 4.07. The third-order valence-corrected chi connectivity index (χ3v) is 7.70. The fourth-order valence-corrected chi connectivity index (χ4v) is 5.52. The van der Waals surface area contributed by atoms with Gasteiger partial charge >= 0.3 is 0 Å². The van der Waals surface area contributed by atoms with E-state index in [0.29, 0.717) is 0 Å². The van der Waals surface area contributed by atoms with E-state index in [4.69, 9.17) is 11.5 Å². The Morgan fingerprint density at radius 1 is 0.614 bits per heavy atom. The highest BCUT2D eigenvalue weighted by Crippen LogP contribution is 2.45. The molecule has 0 amide bonds. The van der Waals surface area contributed by atoms with Gasteiger partial charge in [0.1, 0.15) is 0 Å². The molecule has 6 aromatic rings. The van der Waals surface area contributed by atoms with Gasteiger partial charge in [-0.15, -0.1) is 0 Å². The molecule has 0 atom stereocenters. The molecule has 0 aliphatic heterocycles. The van der Waals surface area contributed by atoms with Crippen molar-refractivity contribution in [3.63, 3.8) is 0 Å². The number of nitrogen functional groups attached to an aromatic ring is 1. The summed E-state index contributed by atoms with van der Waals surface area (Å²) in [5.74, 6) is 0. The molecule has 1 aliphatic carbocycles. The average molecular weight is 577 g/mol. The fourth-order valence-electron chi connectivity index (χ4n) is 5.52. The number of anilines is 1. The third-order valence-electron chi connectivity index (χ3n) is 7.70. The van der Waals surface area contributed by atoms with Gasteiger partial charge in [-0.25, -0.2) is 0 Å². The van der Waals surface area contributed by atoms with Crippen LogP contribution in [0.5, 0.6) is 0 Å². The van der Waals surface area contributed by atoms with Crippen molar-refractivity contribution in [3.05, 3.63) is 168 Å². The van der Waals surface area contributed by atoms with E-state index in [-0.39, 0.29) is 0 Å². The lowest BCUT2D eigenvalue weighted by Gasteiger charge is -2.25. The number of rotatable bonds is 2. The average Bonchev–Trinajstić information content (AvgIpc) is 3.10. The molecule has 0 heterocycles. The summed E-state index contributed by atoms with van der Waals surface area (Å²) < 4.78 is 0. The number of benzene rings is 6. The summed E-state index contributed by atoms with van der Waals surface area (Å²) in [6.45, 7) is 8.02. The van der Waals surface area contributed by atoms with Crippen LogP contribution in [0.3, 0.4) is 0 Å². The zero-order valence-electron chi connectivity index (χ0n) is 26.4. The molecular formula is C42H44N2. The second kappa shape index (κ2) is 16.0. The van der Waals surface area contributed by atoms with Gasteiger partial charge in [-0.05, 0) is 83.0 Å². The van der Waals surface area contributed by atoms with E-state index in [1.54, 1.807) is 0 Å². The highest BCUT2D eigenvalue weighted by Gasteiger charge is 2.22. The van der Waals surface area contributed by atoms with Crippen LogP contribution >= 0.6 is 0 Å². The van der Waals surface area contributed by atoms with Crippen molar-refractivity contribution in [2.24, 2.45) is 5.73 Å². The van der Waals surface area contributed by atoms with E-state index in [2.05, 4.69) is 85.8 Å². The lowest BCUT2D eigenvalue weighted by atomic mass is 9.79. The summed E-state index contributed by atoms with van der Waals surface area (Å²) >= 11 is 0. The molecule has 0 saturated carbocycles. The van der Waals surface area contributed by atoms with Gasteiger partial charge in [-0.3, -0.25) is 0 Å². The van der Waals surface area contributed by atoms with Gasteiger partial charge in [0, 0.05) is 16.9 Å². The van der Waals surface area contributed by atoms with Crippen molar-refractivity contribution >= 4 is 22.2 Å². The molecule has 0 spiro atoms. The van der Waals surface area contributed by atoms with Crippen molar-refractivity contribution < 1.29 is 0 Å². The van der Waals surface area contributed by atoms with Crippen molar-refractivity contribution in [1.82, 2.24) is 0 Å². The summed E-state index contributed by atoms with van der Waals surface area (Å²) in [7, 11) is 0. The van der Waals surface area contributed by atoms with Crippen LogP contribution in [0.15, 0.2) is 146 Å². The van der Waals surface area contributed by atoms with Crippen molar-refractivity contribution in [1.29, 1.82) is 0 Å². The lowest BCUT2D eigenvalue weighted by molar-refractivity contribution is 0.951. The smallest absolute Gasteiger partial charge is 0.0393 e. The molecule has 0 radical (unpaired) electrons. The molecule has 7 rings (SSSR count). The second-order valence-electron chi connectivity index (χ2n) is 10.5. The van der Waals surface area contributed by atoms with E-state index < -0.39 is 0 Å². The topological polar surface area (TPSA) is 52.0 Å². The van der Waals surface area contributed by atoms with Crippen LogP contribution in [0, 0.1) is 6.92 Å². The molecule has 2 nitrogen and oxygen atoms in total. The largest absolute Gasteiger partial charge is 0.399 e. The Hall–Kier alpha value is -5.08. The first-order valence-corrected chi connectivity index (χ1v) is 15.5. The minimum absolute atomic E-state index is 0.834. The molecule has 6 aromatic carbocycles. The van der Waals surface area contributed by atoms with Crippen molar-refractivity contribution in [2.45, 2.75) is 40.5 Å². The minimum Gasteiger partial charge on any atom is -0.399 e. The second-order valence-corrected chi connectivity index (χ2v) is 10.5. The van der Waals surface area contributed by atoms with E-state index >= 15 is 0 Å². The highest BCUT2D eigenvalue weighted by molar-refractivity contribution is 6.02. The number of allylic oxidation sites excluding steroid dienone is 1. The first-order valence-electron chi connectivity index (χ1n) is 15.5. The molecule has 0 bridgehead atoms.